The van der Waals surface area contributed by atoms with Crippen LogP contribution in [0.2, 0.25) is 0 Å². The van der Waals surface area contributed by atoms with E-state index in [4.69, 9.17) is 4.74 Å². The molecular formula is C19H20N2O2. The smallest absolute Gasteiger partial charge is 0.252 e. The van der Waals surface area contributed by atoms with Crippen LogP contribution in [-0.2, 0) is 0 Å². The van der Waals surface area contributed by atoms with Crippen LogP contribution >= 0.6 is 0 Å². The highest BCUT2D eigenvalue weighted by molar-refractivity contribution is 5.94. The number of ether oxygens (including phenoxy) is 1. The molecule has 118 valence electrons. The zero-order valence-corrected chi connectivity index (χ0v) is 13.6. The molecule has 0 aromatic heterocycles. The number of anilines is 1. The molecule has 2 aromatic carbocycles. The fourth-order valence-corrected chi connectivity index (χ4v) is 1.96. The Morgan fingerprint density at radius 1 is 1.09 bits per heavy atom. The Morgan fingerprint density at radius 2 is 1.74 bits per heavy atom. The number of hydrogen-bond donors (Lipinski definition) is 1. The van der Waals surface area contributed by atoms with Gasteiger partial charge in [-0.3, -0.25) is 4.79 Å². The van der Waals surface area contributed by atoms with Crippen molar-refractivity contribution in [2.45, 2.75) is 0 Å². The lowest BCUT2D eigenvalue weighted by atomic mass is 10.2. The van der Waals surface area contributed by atoms with E-state index in [2.05, 4.69) is 17.2 Å². The second kappa shape index (κ2) is 7.90. The van der Waals surface area contributed by atoms with Crippen LogP contribution in [0.15, 0.2) is 48.5 Å². The van der Waals surface area contributed by atoms with Crippen molar-refractivity contribution in [1.29, 1.82) is 0 Å². The lowest BCUT2D eigenvalue weighted by Crippen LogP contribution is -2.23. The van der Waals surface area contributed by atoms with Gasteiger partial charge in [-0.25, -0.2) is 0 Å². The van der Waals surface area contributed by atoms with Crippen LogP contribution in [0.3, 0.4) is 0 Å². The quantitative estimate of drug-likeness (QED) is 0.883. The van der Waals surface area contributed by atoms with Crippen molar-refractivity contribution in [3.8, 4) is 17.6 Å². The predicted octanol–water partition coefficient (Wildman–Crippen LogP) is 2.54. The average molecular weight is 308 g/mol. The molecule has 0 aliphatic heterocycles. The van der Waals surface area contributed by atoms with Gasteiger partial charge in [-0.1, -0.05) is 11.8 Å². The zero-order valence-electron chi connectivity index (χ0n) is 13.6. The van der Waals surface area contributed by atoms with Gasteiger partial charge in [0.25, 0.3) is 5.91 Å². The molecule has 23 heavy (non-hydrogen) atoms. The van der Waals surface area contributed by atoms with E-state index in [0.29, 0.717) is 12.1 Å². The standard InChI is InChI=1S/C19H20N2O2/c1-21(2)17-10-6-15(7-11-17)5-4-14-20-19(22)16-8-12-18(23-3)13-9-16/h6-13H,14H2,1-3H3,(H,20,22). The van der Waals surface area contributed by atoms with E-state index in [9.17, 15) is 4.79 Å². The molecule has 0 saturated heterocycles. The van der Waals surface area contributed by atoms with Crippen LogP contribution in [-0.4, -0.2) is 33.7 Å². The number of carbonyl (C=O) groups excluding carboxylic acids is 1. The second-order valence-electron chi connectivity index (χ2n) is 5.15. The molecule has 1 amide bonds. The summed E-state index contributed by atoms with van der Waals surface area (Å²) >= 11 is 0. The fraction of sp³-hybridized carbons (Fsp3) is 0.211. The number of carbonyl (C=O) groups is 1. The minimum absolute atomic E-state index is 0.148. The van der Waals surface area contributed by atoms with Crippen LogP contribution in [0.4, 0.5) is 5.69 Å². The van der Waals surface area contributed by atoms with Gasteiger partial charge in [-0.15, -0.1) is 0 Å². The topological polar surface area (TPSA) is 41.6 Å². The zero-order chi connectivity index (χ0) is 16.7. The third-order valence-electron chi connectivity index (χ3n) is 3.31. The maximum Gasteiger partial charge on any atom is 0.252 e. The molecule has 0 heterocycles. The maximum atomic E-state index is 12.0. The Morgan fingerprint density at radius 3 is 2.30 bits per heavy atom. The Hall–Kier alpha value is -2.93. The van der Waals surface area contributed by atoms with Crippen LogP contribution in [0.25, 0.3) is 0 Å². The van der Waals surface area contributed by atoms with Gasteiger partial charge < -0.3 is 15.0 Å². The highest BCUT2D eigenvalue weighted by atomic mass is 16.5. The van der Waals surface area contributed by atoms with Gasteiger partial charge in [0.15, 0.2) is 0 Å². The molecule has 0 spiro atoms. The monoisotopic (exact) mass is 308 g/mol. The summed E-state index contributed by atoms with van der Waals surface area (Å²) in [6.07, 6.45) is 0. The number of nitrogens with zero attached hydrogens (tertiary/aromatic N) is 1. The van der Waals surface area contributed by atoms with Crippen molar-refractivity contribution in [2.75, 3.05) is 32.6 Å². The first kappa shape index (κ1) is 16.4. The van der Waals surface area contributed by atoms with Gasteiger partial charge in [-0.2, -0.15) is 0 Å². The third kappa shape index (κ3) is 4.79. The molecule has 1 N–H and O–H groups in total. The van der Waals surface area contributed by atoms with E-state index in [1.54, 1.807) is 31.4 Å². The third-order valence-corrected chi connectivity index (χ3v) is 3.31. The van der Waals surface area contributed by atoms with E-state index in [-0.39, 0.29) is 5.91 Å². The van der Waals surface area contributed by atoms with E-state index in [0.717, 1.165) is 17.0 Å². The number of benzene rings is 2. The summed E-state index contributed by atoms with van der Waals surface area (Å²) < 4.78 is 5.06. The second-order valence-corrected chi connectivity index (χ2v) is 5.15. The first-order chi connectivity index (χ1) is 11.1. The summed E-state index contributed by atoms with van der Waals surface area (Å²) in [5.41, 5.74) is 2.64. The van der Waals surface area contributed by atoms with Gasteiger partial charge in [0.2, 0.25) is 0 Å². The van der Waals surface area contributed by atoms with E-state index >= 15 is 0 Å². The van der Waals surface area contributed by atoms with Crippen LogP contribution in [0, 0.1) is 11.8 Å². The minimum Gasteiger partial charge on any atom is -0.497 e. The first-order valence-corrected chi connectivity index (χ1v) is 7.28. The molecule has 0 bridgehead atoms. The summed E-state index contributed by atoms with van der Waals surface area (Å²) in [6.45, 7) is 0.306. The van der Waals surface area contributed by atoms with Crippen molar-refractivity contribution in [1.82, 2.24) is 5.32 Å². The highest BCUT2D eigenvalue weighted by Crippen LogP contribution is 2.12. The molecule has 2 aromatic rings. The molecule has 2 rings (SSSR count). The van der Waals surface area contributed by atoms with Crippen LogP contribution in [0.1, 0.15) is 15.9 Å². The van der Waals surface area contributed by atoms with Crippen molar-refractivity contribution in [2.24, 2.45) is 0 Å². The van der Waals surface area contributed by atoms with E-state index in [1.807, 2.05) is 43.3 Å². The molecule has 0 unspecified atom stereocenters. The summed E-state index contributed by atoms with van der Waals surface area (Å²) in [5, 5.41) is 2.77. The summed E-state index contributed by atoms with van der Waals surface area (Å²) in [6, 6.07) is 14.9. The number of rotatable bonds is 4. The Balaban J connectivity index is 1.88. The van der Waals surface area contributed by atoms with Gasteiger partial charge in [0, 0.05) is 30.9 Å². The van der Waals surface area contributed by atoms with Crippen molar-refractivity contribution in [3.05, 3.63) is 59.7 Å². The summed E-state index contributed by atoms with van der Waals surface area (Å²) in [5.74, 6) is 6.56. The lowest BCUT2D eigenvalue weighted by Gasteiger charge is -2.11. The number of nitrogens with one attached hydrogen (secondary N) is 1. The molecule has 0 atom stereocenters. The SMILES string of the molecule is COc1ccc(C(=O)NCC#Cc2ccc(N(C)C)cc2)cc1. The van der Waals surface area contributed by atoms with Gasteiger partial charge in [0.05, 0.1) is 13.7 Å². The Bertz CT molecular complexity index is 708. The lowest BCUT2D eigenvalue weighted by molar-refractivity contribution is 0.0958. The van der Waals surface area contributed by atoms with Gasteiger partial charge in [-0.05, 0) is 48.5 Å². The van der Waals surface area contributed by atoms with Crippen LogP contribution in [0.5, 0.6) is 5.75 Å². The van der Waals surface area contributed by atoms with Gasteiger partial charge in [0.1, 0.15) is 5.75 Å². The largest absolute Gasteiger partial charge is 0.497 e. The molecule has 0 aliphatic carbocycles. The van der Waals surface area contributed by atoms with Crippen LogP contribution < -0.4 is 15.0 Å². The number of methoxy groups -OCH3 is 1. The number of amides is 1. The van der Waals surface area contributed by atoms with Crippen molar-refractivity contribution < 1.29 is 9.53 Å². The predicted molar refractivity (Wildman–Crippen MR) is 93.0 cm³/mol. The van der Waals surface area contributed by atoms with Crippen molar-refractivity contribution >= 4 is 11.6 Å². The first-order valence-electron chi connectivity index (χ1n) is 7.28. The Kier molecular flexibility index (Phi) is 5.65. The number of hydrogen-bond acceptors (Lipinski definition) is 3. The average Bonchev–Trinajstić information content (AvgIpc) is 2.59. The molecular weight excluding hydrogens is 288 g/mol. The molecule has 4 nitrogen and oxygen atoms in total. The molecule has 4 heteroatoms. The van der Waals surface area contributed by atoms with E-state index < -0.39 is 0 Å². The van der Waals surface area contributed by atoms with E-state index in [1.165, 1.54) is 0 Å². The minimum atomic E-state index is -0.148. The summed E-state index contributed by atoms with van der Waals surface area (Å²) in [7, 11) is 5.58. The maximum absolute atomic E-state index is 12.0. The fourth-order valence-electron chi connectivity index (χ4n) is 1.96. The molecule has 0 aliphatic rings. The highest BCUT2D eigenvalue weighted by Gasteiger charge is 2.03. The summed E-state index contributed by atoms with van der Waals surface area (Å²) in [4.78, 5) is 14.0. The molecule has 0 radical (unpaired) electrons. The molecule has 0 saturated carbocycles. The molecule has 0 fully saturated rings. The normalized spacial score (nSPS) is 9.52. The Labute approximate surface area is 137 Å². The van der Waals surface area contributed by atoms with Gasteiger partial charge >= 0.3 is 0 Å². The van der Waals surface area contributed by atoms with Crippen molar-refractivity contribution in [3.63, 3.8) is 0 Å².